The van der Waals surface area contributed by atoms with Crippen molar-refractivity contribution in [1.82, 2.24) is 0 Å². The lowest BCUT2D eigenvalue weighted by molar-refractivity contribution is 0.670. The van der Waals surface area contributed by atoms with Gasteiger partial charge in [0.15, 0.2) is 0 Å². The van der Waals surface area contributed by atoms with Crippen LogP contribution in [0.2, 0.25) is 0 Å². The van der Waals surface area contributed by atoms with E-state index in [2.05, 4.69) is 134 Å². The first-order chi connectivity index (χ1) is 20.3. The molecule has 0 radical (unpaired) electrons. The summed E-state index contributed by atoms with van der Waals surface area (Å²) in [5.41, 5.74) is 10.5. The monoisotopic (exact) mass is 530 g/mol. The third kappa shape index (κ3) is 5.08. The third-order valence-corrected chi connectivity index (χ3v) is 7.68. The van der Waals surface area contributed by atoms with Crippen molar-refractivity contribution in [3.63, 3.8) is 0 Å². The Kier molecular flexibility index (Phi) is 7.52. The molecule has 0 aliphatic carbocycles. The molecule has 0 atom stereocenters. The van der Waals surface area contributed by atoms with Crippen LogP contribution in [0.1, 0.15) is 38.3 Å². The van der Waals surface area contributed by atoms with E-state index in [1.807, 2.05) is 26.0 Å². The van der Waals surface area contributed by atoms with Gasteiger partial charge >= 0.3 is 0 Å². The van der Waals surface area contributed by atoms with Crippen molar-refractivity contribution in [2.75, 3.05) is 0 Å². The van der Waals surface area contributed by atoms with Crippen LogP contribution >= 0.6 is 0 Å². The summed E-state index contributed by atoms with van der Waals surface area (Å²) in [4.78, 5) is 0. The molecule has 1 heterocycles. The summed E-state index contributed by atoms with van der Waals surface area (Å²) in [5, 5.41) is 4.87. The molecule has 0 saturated heterocycles. The lowest BCUT2D eigenvalue weighted by atomic mass is 9.93. The SMILES string of the molecule is CC.CC/C(=C/c1ccc(-c2cccc3c2oc2ccccc23)cc1)c1cccc(-c2cccc3ccccc23)c1. The van der Waals surface area contributed by atoms with Crippen LogP contribution in [0.5, 0.6) is 0 Å². The lowest BCUT2D eigenvalue weighted by Crippen LogP contribution is -1.87. The second kappa shape index (κ2) is 11.7. The van der Waals surface area contributed by atoms with Gasteiger partial charge in [-0.15, -0.1) is 0 Å². The first kappa shape index (κ1) is 26.3. The van der Waals surface area contributed by atoms with Gasteiger partial charge in [-0.3, -0.25) is 0 Å². The molecule has 1 nitrogen and oxygen atoms in total. The molecule has 0 fully saturated rings. The molecule has 1 heteroatoms. The summed E-state index contributed by atoms with van der Waals surface area (Å²) < 4.78 is 6.27. The van der Waals surface area contributed by atoms with E-state index in [9.17, 15) is 0 Å². The number of benzene rings is 6. The van der Waals surface area contributed by atoms with Gasteiger partial charge in [0.2, 0.25) is 0 Å². The van der Waals surface area contributed by atoms with Crippen LogP contribution in [0, 0.1) is 0 Å². The predicted molar refractivity (Wildman–Crippen MR) is 178 cm³/mol. The Hall–Kier alpha value is -4.88. The number of hydrogen-bond acceptors (Lipinski definition) is 1. The fraction of sp³-hybridized carbons (Fsp3) is 0.100. The molecule has 7 aromatic rings. The molecule has 7 rings (SSSR count). The molecule has 0 amide bonds. The van der Waals surface area contributed by atoms with Crippen LogP contribution in [0.25, 0.3) is 66.6 Å². The van der Waals surface area contributed by atoms with Gasteiger partial charge in [-0.1, -0.05) is 148 Å². The van der Waals surface area contributed by atoms with Gasteiger partial charge in [0.25, 0.3) is 0 Å². The summed E-state index contributed by atoms with van der Waals surface area (Å²) in [6.45, 7) is 6.23. The normalized spacial score (nSPS) is 11.5. The van der Waals surface area contributed by atoms with Crippen LogP contribution in [-0.4, -0.2) is 0 Å². The minimum absolute atomic E-state index is 0.929. The van der Waals surface area contributed by atoms with Crippen LogP contribution < -0.4 is 0 Å². The predicted octanol–water partition coefficient (Wildman–Crippen LogP) is 12.0. The van der Waals surface area contributed by atoms with Gasteiger partial charge in [-0.05, 0) is 62.7 Å². The smallest absolute Gasteiger partial charge is 0.143 e. The molecule has 0 spiro atoms. The average molecular weight is 531 g/mol. The Balaban J connectivity index is 0.00000148. The van der Waals surface area contributed by atoms with E-state index in [4.69, 9.17) is 4.42 Å². The van der Waals surface area contributed by atoms with Gasteiger partial charge in [0.1, 0.15) is 11.2 Å². The Morgan fingerprint density at radius 1 is 0.585 bits per heavy atom. The van der Waals surface area contributed by atoms with Gasteiger partial charge in [0, 0.05) is 16.3 Å². The van der Waals surface area contributed by atoms with E-state index >= 15 is 0 Å². The molecule has 0 aliphatic heterocycles. The fourth-order valence-corrected chi connectivity index (χ4v) is 5.69. The Morgan fingerprint density at radius 2 is 1.24 bits per heavy atom. The highest BCUT2D eigenvalue weighted by Gasteiger charge is 2.12. The molecular formula is C40H34O. The lowest BCUT2D eigenvalue weighted by Gasteiger charge is -2.11. The molecular weight excluding hydrogens is 496 g/mol. The highest BCUT2D eigenvalue weighted by molar-refractivity contribution is 6.09. The Bertz CT molecular complexity index is 1980. The second-order valence-corrected chi connectivity index (χ2v) is 10.0. The first-order valence-electron chi connectivity index (χ1n) is 14.6. The number of hydrogen-bond donors (Lipinski definition) is 0. The van der Waals surface area contributed by atoms with Crippen molar-refractivity contribution in [2.45, 2.75) is 27.2 Å². The first-order valence-corrected chi connectivity index (χ1v) is 14.6. The number of rotatable bonds is 5. The standard InChI is InChI=1S/C38H28O.C2H6/c1-2-27(30-12-7-13-31(25-30)33-16-8-11-28-10-3-4-14-32(28)33)24-26-20-22-29(23-21-26)34-17-9-18-36-35-15-5-6-19-37(35)39-38(34)36;1-2/h3-25H,2H2,1H3;1-2H3/b27-24-;. The molecule has 41 heavy (non-hydrogen) atoms. The summed E-state index contributed by atoms with van der Waals surface area (Å²) in [5.74, 6) is 0. The zero-order valence-electron chi connectivity index (χ0n) is 23.9. The van der Waals surface area contributed by atoms with E-state index in [1.165, 1.54) is 38.6 Å². The van der Waals surface area contributed by atoms with Crippen molar-refractivity contribution < 1.29 is 4.42 Å². The van der Waals surface area contributed by atoms with Crippen molar-refractivity contribution in [3.8, 4) is 22.3 Å². The molecule has 0 N–H and O–H groups in total. The van der Waals surface area contributed by atoms with Crippen molar-refractivity contribution >= 4 is 44.4 Å². The van der Waals surface area contributed by atoms with Crippen molar-refractivity contribution in [2.24, 2.45) is 0 Å². The van der Waals surface area contributed by atoms with E-state index < -0.39 is 0 Å². The maximum atomic E-state index is 6.27. The fourth-order valence-electron chi connectivity index (χ4n) is 5.69. The number of allylic oxidation sites excluding steroid dienone is 1. The molecule has 0 bridgehead atoms. The maximum absolute atomic E-state index is 6.27. The van der Waals surface area contributed by atoms with Gasteiger partial charge < -0.3 is 4.42 Å². The number of para-hydroxylation sites is 2. The van der Waals surface area contributed by atoms with E-state index in [0.717, 1.165) is 39.5 Å². The van der Waals surface area contributed by atoms with Crippen molar-refractivity contribution in [3.05, 3.63) is 145 Å². The minimum atomic E-state index is 0.929. The molecule has 6 aromatic carbocycles. The summed E-state index contributed by atoms with van der Waals surface area (Å²) in [6, 6.07) is 47.6. The van der Waals surface area contributed by atoms with Crippen LogP contribution in [0.15, 0.2) is 138 Å². The maximum Gasteiger partial charge on any atom is 0.143 e. The van der Waals surface area contributed by atoms with Gasteiger partial charge in [-0.2, -0.15) is 0 Å². The summed E-state index contributed by atoms with van der Waals surface area (Å²) in [6.07, 6.45) is 3.27. The topological polar surface area (TPSA) is 13.1 Å². The highest BCUT2D eigenvalue weighted by atomic mass is 16.3. The van der Waals surface area contributed by atoms with Crippen LogP contribution in [0.4, 0.5) is 0 Å². The van der Waals surface area contributed by atoms with Crippen molar-refractivity contribution in [1.29, 1.82) is 0 Å². The van der Waals surface area contributed by atoms with E-state index in [1.54, 1.807) is 0 Å². The molecule has 1 aromatic heterocycles. The largest absolute Gasteiger partial charge is 0.455 e. The average Bonchev–Trinajstić information content (AvgIpc) is 3.44. The molecule has 200 valence electrons. The molecule has 0 unspecified atom stereocenters. The van der Waals surface area contributed by atoms with E-state index in [0.29, 0.717) is 0 Å². The second-order valence-electron chi connectivity index (χ2n) is 10.0. The van der Waals surface area contributed by atoms with Gasteiger partial charge in [-0.25, -0.2) is 0 Å². The number of furan rings is 1. The molecule has 0 aliphatic rings. The zero-order chi connectivity index (χ0) is 28.2. The Morgan fingerprint density at radius 3 is 2.07 bits per heavy atom. The van der Waals surface area contributed by atoms with Crippen LogP contribution in [0.3, 0.4) is 0 Å². The summed E-state index contributed by atoms with van der Waals surface area (Å²) >= 11 is 0. The van der Waals surface area contributed by atoms with E-state index in [-0.39, 0.29) is 0 Å². The third-order valence-electron chi connectivity index (χ3n) is 7.68. The quantitative estimate of drug-likeness (QED) is 0.202. The zero-order valence-corrected chi connectivity index (χ0v) is 23.9. The summed E-state index contributed by atoms with van der Waals surface area (Å²) in [7, 11) is 0. The van der Waals surface area contributed by atoms with Crippen LogP contribution in [-0.2, 0) is 0 Å². The Labute approximate surface area is 242 Å². The minimum Gasteiger partial charge on any atom is -0.455 e. The number of fused-ring (bicyclic) bond motifs is 4. The van der Waals surface area contributed by atoms with Gasteiger partial charge in [0.05, 0.1) is 0 Å². The molecule has 0 saturated carbocycles. The highest BCUT2D eigenvalue weighted by Crippen LogP contribution is 2.36.